The molecule has 0 fully saturated rings. The largest absolute Gasteiger partial charge is 0.491 e. The number of pyridine rings is 1. The molecular weight excluding hydrogens is 461 g/mol. The number of benzene rings is 2. The van der Waals surface area contributed by atoms with Gasteiger partial charge in [-0.2, -0.15) is 18.3 Å². The minimum atomic E-state index is -5.13. The number of nitrogens with zero attached hydrogens (tertiary/aromatic N) is 2. The van der Waals surface area contributed by atoms with Crippen LogP contribution in [-0.4, -0.2) is 33.2 Å². The number of fused-ring (bicyclic) bond motifs is 2. The summed E-state index contributed by atoms with van der Waals surface area (Å²) in [6.45, 7) is 0. The molecule has 1 aliphatic rings. The van der Waals surface area contributed by atoms with Gasteiger partial charge >= 0.3 is 12.1 Å². The minimum Gasteiger partial charge on any atom is -0.420 e. The van der Waals surface area contributed by atoms with E-state index < -0.39 is 18.1 Å². The number of esters is 1. The maximum atomic E-state index is 12.5. The third kappa shape index (κ3) is 4.54. The van der Waals surface area contributed by atoms with E-state index in [1.54, 1.807) is 30.6 Å². The van der Waals surface area contributed by atoms with Gasteiger partial charge in [-0.3, -0.25) is 14.9 Å². The molecule has 0 radical (unpaired) electrons. The topological polar surface area (TPSA) is 97.0 Å². The summed E-state index contributed by atoms with van der Waals surface area (Å²) in [7, 11) is 0. The average Bonchev–Trinajstić information content (AvgIpc) is 3.38. The van der Waals surface area contributed by atoms with Crippen LogP contribution in [0.4, 0.5) is 18.9 Å². The van der Waals surface area contributed by atoms with Crippen molar-refractivity contribution in [2.75, 3.05) is 5.32 Å². The van der Waals surface area contributed by atoms with Crippen molar-refractivity contribution in [2.24, 2.45) is 0 Å². The van der Waals surface area contributed by atoms with Crippen LogP contribution in [0.15, 0.2) is 60.9 Å². The molecule has 0 saturated carbocycles. The molecule has 1 amide bonds. The summed E-state index contributed by atoms with van der Waals surface area (Å²) >= 11 is 0. The lowest BCUT2D eigenvalue weighted by Crippen LogP contribution is -2.27. The molecule has 174 valence electrons. The van der Waals surface area contributed by atoms with Crippen molar-refractivity contribution >= 4 is 52.3 Å². The molecule has 3 heterocycles. The van der Waals surface area contributed by atoms with E-state index in [2.05, 4.69) is 25.2 Å². The van der Waals surface area contributed by atoms with Crippen molar-refractivity contribution in [3.63, 3.8) is 0 Å². The van der Waals surface area contributed by atoms with Crippen molar-refractivity contribution < 1.29 is 27.5 Å². The Labute approximate surface area is 195 Å². The number of anilines is 1. The molecule has 2 N–H and O–H groups in total. The first-order valence-corrected chi connectivity index (χ1v) is 10.3. The molecule has 4 aromatic rings. The number of amides is 1. The molecule has 5 rings (SSSR count). The number of H-pyrrole nitrogens is 1. The first-order chi connectivity index (χ1) is 16.8. The van der Waals surface area contributed by atoms with Crippen molar-refractivity contribution in [3.8, 4) is 5.75 Å². The van der Waals surface area contributed by atoms with E-state index in [-0.39, 0.29) is 11.3 Å². The Morgan fingerprint density at radius 2 is 1.77 bits per heavy atom. The second-order valence-corrected chi connectivity index (χ2v) is 7.63. The molecule has 0 bridgehead atoms. The second-order valence-electron chi connectivity index (χ2n) is 7.63. The Hall–Kier alpha value is -4.73. The van der Waals surface area contributed by atoms with Crippen molar-refractivity contribution in [2.45, 2.75) is 6.18 Å². The number of aromatic nitrogens is 3. The molecule has 0 unspecified atom stereocenters. The zero-order valence-electron chi connectivity index (χ0n) is 17.8. The van der Waals surface area contributed by atoms with E-state index in [0.29, 0.717) is 16.8 Å². The highest BCUT2D eigenvalue weighted by Crippen LogP contribution is 2.36. The standard InChI is InChI=1S/C25H15F3N4O3/c26-25(27,28)24(34)35-16-3-6-20-18(13-16)19(23(33)30-20)11-15-1-4-17-21(31-32-22(17)12-15)5-2-14-7-9-29-10-8-14/h1-13H,(H,30,33)(H,31,32)/b5-2+,19-11+. The number of alkyl halides is 3. The molecule has 2 aromatic heterocycles. The van der Waals surface area contributed by atoms with Crippen molar-refractivity contribution in [1.29, 1.82) is 0 Å². The molecule has 35 heavy (non-hydrogen) atoms. The normalized spacial score (nSPS) is 14.5. The Morgan fingerprint density at radius 3 is 2.54 bits per heavy atom. The summed E-state index contributed by atoms with van der Waals surface area (Å²) < 4.78 is 42.0. The fraction of sp³-hybridized carbons (Fsp3) is 0.0400. The number of ether oxygens (including phenoxy) is 1. The quantitative estimate of drug-likeness (QED) is 0.243. The van der Waals surface area contributed by atoms with E-state index in [4.69, 9.17) is 0 Å². The number of rotatable bonds is 4. The lowest BCUT2D eigenvalue weighted by Gasteiger charge is -2.08. The SMILES string of the molecule is O=C1Nc2ccc(OC(=O)C(F)(F)F)cc2/C1=C\c1ccc2c(/C=C/c3ccncc3)n[nH]c2c1. The number of hydrogen-bond donors (Lipinski definition) is 2. The van der Waals surface area contributed by atoms with Crippen LogP contribution in [0.5, 0.6) is 5.75 Å². The van der Waals surface area contributed by atoms with Gasteiger partial charge in [0.05, 0.1) is 11.2 Å². The number of nitrogens with one attached hydrogen (secondary N) is 2. The van der Waals surface area contributed by atoms with Gasteiger partial charge in [-0.05, 0) is 65.7 Å². The number of hydrogen-bond acceptors (Lipinski definition) is 5. The summed E-state index contributed by atoms with van der Waals surface area (Å²) in [4.78, 5) is 27.7. The van der Waals surface area contributed by atoms with E-state index in [1.807, 2.05) is 30.4 Å². The first-order valence-electron chi connectivity index (χ1n) is 10.3. The average molecular weight is 476 g/mol. The molecule has 0 atom stereocenters. The monoisotopic (exact) mass is 476 g/mol. The first kappa shape index (κ1) is 22.1. The van der Waals surface area contributed by atoms with E-state index in [9.17, 15) is 22.8 Å². The lowest BCUT2D eigenvalue weighted by molar-refractivity contribution is -0.189. The predicted molar refractivity (Wildman–Crippen MR) is 124 cm³/mol. The Kier molecular flexibility index (Phi) is 5.40. The summed E-state index contributed by atoms with van der Waals surface area (Å²) in [6, 6.07) is 13.0. The lowest BCUT2D eigenvalue weighted by atomic mass is 10.0. The predicted octanol–water partition coefficient (Wildman–Crippen LogP) is 5.09. The molecule has 1 aliphatic heterocycles. The Morgan fingerprint density at radius 1 is 0.971 bits per heavy atom. The highest BCUT2D eigenvalue weighted by molar-refractivity contribution is 6.35. The van der Waals surface area contributed by atoms with Crippen LogP contribution >= 0.6 is 0 Å². The van der Waals surface area contributed by atoms with E-state index >= 15 is 0 Å². The van der Waals surface area contributed by atoms with Crippen molar-refractivity contribution in [3.05, 3.63) is 83.3 Å². The van der Waals surface area contributed by atoms with Gasteiger partial charge in [-0.15, -0.1) is 0 Å². The van der Waals surface area contributed by atoms with Gasteiger partial charge in [0.2, 0.25) is 0 Å². The van der Waals surface area contributed by atoms with E-state index in [0.717, 1.165) is 22.2 Å². The minimum absolute atomic E-state index is 0.224. The Balaban J connectivity index is 1.44. The van der Waals surface area contributed by atoms with Gasteiger partial charge in [-0.25, -0.2) is 4.79 Å². The fourth-order valence-corrected chi connectivity index (χ4v) is 3.63. The van der Waals surface area contributed by atoms with Gasteiger partial charge in [0.1, 0.15) is 5.75 Å². The van der Waals surface area contributed by atoms with Gasteiger partial charge in [0.25, 0.3) is 5.91 Å². The number of carbonyl (C=O) groups is 2. The number of halogens is 3. The van der Waals surface area contributed by atoms with Crippen LogP contribution < -0.4 is 10.1 Å². The number of aromatic amines is 1. The summed E-state index contributed by atoms with van der Waals surface area (Å²) in [5.74, 6) is -3.08. The summed E-state index contributed by atoms with van der Waals surface area (Å²) in [6.07, 6.45) is 3.65. The highest BCUT2D eigenvalue weighted by atomic mass is 19.4. The molecule has 2 aromatic carbocycles. The van der Waals surface area contributed by atoms with Crippen LogP contribution in [0, 0.1) is 0 Å². The third-order valence-corrected chi connectivity index (χ3v) is 5.28. The van der Waals surface area contributed by atoms with Crippen LogP contribution in [-0.2, 0) is 9.59 Å². The third-order valence-electron chi connectivity index (χ3n) is 5.28. The van der Waals surface area contributed by atoms with Crippen LogP contribution in [0.1, 0.15) is 22.4 Å². The Bertz CT molecular complexity index is 1520. The fourth-order valence-electron chi connectivity index (χ4n) is 3.63. The van der Waals surface area contributed by atoms with Crippen molar-refractivity contribution in [1.82, 2.24) is 15.2 Å². The van der Waals surface area contributed by atoms with Crippen LogP contribution in [0.25, 0.3) is 34.7 Å². The molecular formula is C25H15F3N4O3. The second kappa shape index (κ2) is 8.56. The van der Waals surface area contributed by atoms with E-state index in [1.165, 1.54) is 18.2 Å². The van der Waals surface area contributed by atoms with Gasteiger partial charge in [-0.1, -0.05) is 12.1 Å². The maximum absolute atomic E-state index is 12.5. The summed E-state index contributed by atoms with van der Waals surface area (Å²) in [5, 5.41) is 10.8. The van der Waals surface area contributed by atoms with Crippen LogP contribution in [0.3, 0.4) is 0 Å². The van der Waals surface area contributed by atoms with Crippen LogP contribution in [0.2, 0.25) is 0 Å². The number of carbonyl (C=O) groups excluding carboxylic acids is 2. The molecule has 0 aliphatic carbocycles. The summed E-state index contributed by atoms with van der Waals surface area (Å²) in [5.41, 5.74) is 4.07. The molecule has 7 nitrogen and oxygen atoms in total. The van der Waals surface area contributed by atoms with Gasteiger partial charge in [0.15, 0.2) is 0 Å². The smallest absolute Gasteiger partial charge is 0.420 e. The maximum Gasteiger partial charge on any atom is 0.491 e. The van der Waals surface area contributed by atoms with Gasteiger partial charge < -0.3 is 10.1 Å². The molecule has 0 spiro atoms. The highest BCUT2D eigenvalue weighted by Gasteiger charge is 2.41. The molecule has 10 heteroatoms. The van der Waals surface area contributed by atoms with Gasteiger partial charge in [0, 0.05) is 34.6 Å². The molecule has 0 saturated heterocycles. The zero-order chi connectivity index (χ0) is 24.6. The zero-order valence-corrected chi connectivity index (χ0v) is 17.8.